The average Bonchev–Trinajstić information content (AvgIpc) is 3.19. The van der Waals surface area contributed by atoms with E-state index in [2.05, 4.69) is 77.7 Å². The number of likely N-dealkylation sites (N-methyl/N-ethyl adjacent to an activating group) is 2. The first-order chi connectivity index (χ1) is 12.7. The van der Waals surface area contributed by atoms with Gasteiger partial charge in [-0.15, -0.1) is 0 Å². The van der Waals surface area contributed by atoms with Gasteiger partial charge in [0.1, 0.15) is 5.84 Å². The van der Waals surface area contributed by atoms with Crippen LogP contribution in [0.15, 0.2) is 53.5 Å². The summed E-state index contributed by atoms with van der Waals surface area (Å²) in [5, 5.41) is 3.88. The van der Waals surface area contributed by atoms with Crippen molar-refractivity contribution in [2.45, 2.75) is 29.8 Å². The maximum Gasteiger partial charge on any atom is 0.116 e. The zero-order valence-corrected chi connectivity index (χ0v) is 15.4. The van der Waals surface area contributed by atoms with Crippen LogP contribution in [0.2, 0.25) is 0 Å². The molecule has 3 atom stereocenters. The third-order valence-electron chi connectivity index (χ3n) is 7.38. The molecule has 26 heavy (non-hydrogen) atoms. The molecule has 2 aromatic carbocycles. The number of nitrogens with zero attached hydrogens (tertiary/aromatic N) is 3. The van der Waals surface area contributed by atoms with Gasteiger partial charge in [-0.05, 0) is 43.1 Å². The zero-order chi connectivity index (χ0) is 17.5. The van der Waals surface area contributed by atoms with Gasteiger partial charge in [0.2, 0.25) is 0 Å². The second-order valence-electron chi connectivity index (χ2n) is 8.32. The fourth-order valence-corrected chi connectivity index (χ4v) is 6.36. The Balaban J connectivity index is 1.72. The molecule has 2 fully saturated rings. The first-order valence-corrected chi connectivity index (χ1v) is 9.65. The fraction of sp³-hybridized carbons (Fsp3) is 0.409. The van der Waals surface area contributed by atoms with E-state index in [-0.39, 0.29) is 10.8 Å². The molecule has 4 nitrogen and oxygen atoms in total. The molecule has 0 amide bonds. The van der Waals surface area contributed by atoms with E-state index in [1.807, 2.05) is 0 Å². The molecule has 0 radical (unpaired) electrons. The van der Waals surface area contributed by atoms with Gasteiger partial charge in [0.25, 0.3) is 0 Å². The van der Waals surface area contributed by atoms with E-state index in [0.29, 0.717) is 6.17 Å². The molecule has 2 aromatic rings. The highest BCUT2D eigenvalue weighted by molar-refractivity contribution is 6.03. The number of aliphatic imine (C=N–C) groups is 1. The Morgan fingerprint density at radius 2 is 1.73 bits per heavy atom. The van der Waals surface area contributed by atoms with Crippen LogP contribution in [-0.4, -0.2) is 49.0 Å². The van der Waals surface area contributed by atoms with E-state index in [4.69, 9.17) is 4.99 Å². The van der Waals surface area contributed by atoms with Crippen LogP contribution in [0, 0.1) is 0 Å². The highest BCUT2D eigenvalue weighted by Crippen LogP contribution is 2.64. The van der Waals surface area contributed by atoms with Gasteiger partial charge in [-0.25, -0.2) is 4.99 Å². The first kappa shape index (κ1) is 14.8. The average molecular weight is 344 g/mol. The van der Waals surface area contributed by atoms with E-state index >= 15 is 0 Å². The summed E-state index contributed by atoms with van der Waals surface area (Å²) in [7, 11) is 4.50. The normalized spacial score (nSPS) is 34.2. The Morgan fingerprint density at radius 3 is 2.62 bits per heavy atom. The lowest BCUT2D eigenvalue weighted by atomic mass is 9.50. The van der Waals surface area contributed by atoms with Gasteiger partial charge < -0.3 is 10.2 Å². The number of amidine groups is 1. The maximum atomic E-state index is 5.18. The van der Waals surface area contributed by atoms with Crippen molar-refractivity contribution in [1.29, 1.82) is 0 Å². The summed E-state index contributed by atoms with van der Waals surface area (Å²) in [6.45, 7) is 2.13. The highest BCUT2D eigenvalue weighted by Gasteiger charge is 2.69. The van der Waals surface area contributed by atoms with E-state index in [1.165, 1.54) is 28.3 Å². The summed E-state index contributed by atoms with van der Waals surface area (Å²) in [4.78, 5) is 10.1. The van der Waals surface area contributed by atoms with Crippen molar-refractivity contribution in [3.63, 3.8) is 0 Å². The van der Waals surface area contributed by atoms with E-state index < -0.39 is 0 Å². The fourth-order valence-electron chi connectivity index (χ4n) is 6.36. The topological polar surface area (TPSA) is 30.9 Å². The smallest absolute Gasteiger partial charge is 0.116 e. The molecule has 2 spiro atoms. The minimum Gasteiger partial charge on any atom is -0.369 e. The number of anilines is 1. The van der Waals surface area contributed by atoms with Gasteiger partial charge in [-0.1, -0.05) is 36.4 Å². The van der Waals surface area contributed by atoms with Gasteiger partial charge in [0.15, 0.2) is 0 Å². The first-order valence-electron chi connectivity index (χ1n) is 9.65. The predicted octanol–water partition coefficient (Wildman–Crippen LogP) is 3.33. The van der Waals surface area contributed by atoms with Crippen LogP contribution in [-0.2, 0) is 10.8 Å². The lowest BCUT2D eigenvalue weighted by Crippen LogP contribution is -2.72. The number of nitrogens with one attached hydrogen (secondary N) is 1. The molecule has 0 aromatic heterocycles. The highest BCUT2D eigenvalue weighted by atomic mass is 15.3. The second-order valence-corrected chi connectivity index (χ2v) is 8.32. The van der Waals surface area contributed by atoms with Crippen LogP contribution >= 0.6 is 0 Å². The molecule has 2 saturated heterocycles. The molecule has 0 saturated carbocycles. The molecular formula is C22H24N4. The molecule has 6 rings (SSSR count). The van der Waals surface area contributed by atoms with E-state index in [0.717, 1.165) is 25.9 Å². The van der Waals surface area contributed by atoms with Gasteiger partial charge in [0, 0.05) is 31.2 Å². The van der Waals surface area contributed by atoms with Crippen LogP contribution in [0.5, 0.6) is 0 Å². The molecule has 0 aliphatic carbocycles. The Morgan fingerprint density at radius 1 is 0.962 bits per heavy atom. The number of para-hydroxylation sites is 2. The number of rotatable bonds is 0. The van der Waals surface area contributed by atoms with Gasteiger partial charge in [-0.2, -0.15) is 0 Å². The van der Waals surface area contributed by atoms with Crippen LogP contribution in [0.1, 0.15) is 24.0 Å². The quantitative estimate of drug-likeness (QED) is 0.795. The summed E-state index contributed by atoms with van der Waals surface area (Å²) < 4.78 is 0. The van der Waals surface area contributed by atoms with Crippen LogP contribution in [0.3, 0.4) is 0 Å². The third-order valence-corrected chi connectivity index (χ3v) is 7.38. The Kier molecular flexibility index (Phi) is 2.67. The predicted molar refractivity (Wildman–Crippen MR) is 105 cm³/mol. The third kappa shape index (κ3) is 1.42. The van der Waals surface area contributed by atoms with Crippen molar-refractivity contribution < 1.29 is 0 Å². The SMILES string of the molecule is CN1CC[C@]23c4ccccc4N[C@H]2N(C)CC[C@]32C1=Nc1ccccc12. The summed E-state index contributed by atoms with van der Waals surface area (Å²) in [5.74, 6) is 1.28. The molecular weight excluding hydrogens is 320 g/mol. The minimum atomic E-state index is -0.0344. The molecule has 1 N–H and O–H groups in total. The van der Waals surface area contributed by atoms with Crippen LogP contribution < -0.4 is 5.32 Å². The largest absolute Gasteiger partial charge is 0.369 e. The minimum absolute atomic E-state index is 0.0344. The number of hydrogen-bond donors (Lipinski definition) is 1. The van der Waals surface area contributed by atoms with E-state index in [9.17, 15) is 0 Å². The molecule has 4 aliphatic rings. The van der Waals surface area contributed by atoms with Crippen molar-refractivity contribution in [3.8, 4) is 0 Å². The maximum absolute atomic E-state index is 5.18. The number of fused-ring (bicyclic) bond motifs is 2. The molecule has 4 heterocycles. The van der Waals surface area contributed by atoms with Gasteiger partial charge in [-0.3, -0.25) is 4.90 Å². The lowest BCUT2D eigenvalue weighted by Gasteiger charge is -2.60. The summed E-state index contributed by atoms with van der Waals surface area (Å²) in [6.07, 6.45) is 2.59. The number of hydrogen-bond acceptors (Lipinski definition) is 4. The van der Waals surface area contributed by atoms with E-state index in [1.54, 1.807) is 0 Å². The van der Waals surface area contributed by atoms with Crippen molar-refractivity contribution in [1.82, 2.24) is 9.80 Å². The van der Waals surface area contributed by atoms with Crippen molar-refractivity contribution in [3.05, 3.63) is 59.7 Å². The van der Waals surface area contributed by atoms with Gasteiger partial charge >= 0.3 is 0 Å². The molecule has 4 heteroatoms. The summed E-state index contributed by atoms with van der Waals surface area (Å²) >= 11 is 0. The van der Waals surface area contributed by atoms with Crippen LogP contribution in [0.25, 0.3) is 0 Å². The summed E-state index contributed by atoms with van der Waals surface area (Å²) in [6, 6.07) is 17.8. The van der Waals surface area contributed by atoms with Crippen LogP contribution in [0.4, 0.5) is 11.4 Å². The number of piperidine rings is 2. The molecule has 132 valence electrons. The Hall–Kier alpha value is -2.33. The van der Waals surface area contributed by atoms with Crippen molar-refractivity contribution in [2.75, 3.05) is 32.5 Å². The number of likely N-dealkylation sites (tertiary alicyclic amines) is 2. The zero-order valence-electron chi connectivity index (χ0n) is 15.4. The second kappa shape index (κ2) is 4.68. The molecule has 4 aliphatic heterocycles. The van der Waals surface area contributed by atoms with Crippen molar-refractivity contribution in [2.24, 2.45) is 4.99 Å². The molecule has 0 unspecified atom stereocenters. The lowest BCUT2D eigenvalue weighted by molar-refractivity contribution is 0.0407. The van der Waals surface area contributed by atoms with Crippen molar-refractivity contribution >= 4 is 17.2 Å². The molecule has 0 bridgehead atoms. The monoisotopic (exact) mass is 344 g/mol. The Labute approximate surface area is 154 Å². The standard InChI is InChI=1S/C22H24N4/c1-25-13-11-22-16-8-4-6-10-18(16)24-20(22)26(2)14-12-21(22)15-7-3-5-9-17(15)23-19(21)25/h3-10,19,23H,11-14H2,1-2H3/t19-,21-,22-/m0/s1. The Bertz CT molecular complexity index is 951. The van der Waals surface area contributed by atoms with Gasteiger partial charge in [0.05, 0.1) is 17.3 Å². The summed E-state index contributed by atoms with van der Waals surface area (Å²) in [5.41, 5.74) is 5.39. The number of benzene rings is 2.